The molecule has 0 unspecified atom stereocenters. The standard InChI is InChI=1S/C13H13BrN2O/c1-15-11-4-6-13(7-5-11)17-9-12-3-2-10(14)8-16-12/h2-8,15H,9H2,1H3. The number of ether oxygens (including phenoxy) is 1. The Hall–Kier alpha value is -1.55. The lowest BCUT2D eigenvalue weighted by molar-refractivity contribution is 0.301. The van der Waals surface area contributed by atoms with Crippen molar-refractivity contribution in [1.29, 1.82) is 0 Å². The second kappa shape index (κ2) is 5.68. The zero-order valence-electron chi connectivity index (χ0n) is 9.48. The van der Waals surface area contributed by atoms with Crippen molar-refractivity contribution in [2.45, 2.75) is 6.61 Å². The SMILES string of the molecule is CNc1ccc(OCc2ccc(Br)cn2)cc1. The smallest absolute Gasteiger partial charge is 0.130 e. The molecule has 3 nitrogen and oxygen atoms in total. The molecule has 0 saturated carbocycles. The van der Waals surface area contributed by atoms with Gasteiger partial charge in [-0.25, -0.2) is 0 Å². The van der Waals surface area contributed by atoms with Crippen LogP contribution in [0.4, 0.5) is 5.69 Å². The molecule has 0 amide bonds. The zero-order valence-corrected chi connectivity index (χ0v) is 11.1. The summed E-state index contributed by atoms with van der Waals surface area (Å²) in [5, 5.41) is 3.06. The van der Waals surface area contributed by atoms with E-state index in [4.69, 9.17) is 4.74 Å². The molecule has 0 aliphatic rings. The van der Waals surface area contributed by atoms with Crippen LogP contribution < -0.4 is 10.1 Å². The highest BCUT2D eigenvalue weighted by atomic mass is 79.9. The van der Waals surface area contributed by atoms with Crippen LogP contribution in [0.5, 0.6) is 5.75 Å². The van der Waals surface area contributed by atoms with Crippen LogP contribution in [0.15, 0.2) is 47.1 Å². The van der Waals surface area contributed by atoms with Gasteiger partial charge in [0.25, 0.3) is 0 Å². The first kappa shape index (κ1) is 11.9. The monoisotopic (exact) mass is 292 g/mol. The fourth-order valence-electron chi connectivity index (χ4n) is 1.37. The Morgan fingerprint density at radius 1 is 1.18 bits per heavy atom. The molecular weight excluding hydrogens is 280 g/mol. The average molecular weight is 293 g/mol. The second-order valence-electron chi connectivity index (χ2n) is 3.53. The molecule has 88 valence electrons. The number of hydrogen-bond acceptors (Lipinski definition) is 3. The third-order valence-electron chi connectivity index (χ3n) is 2.32. The van der Waals surface area contributed by atoms with Gasteiger partial charge in [0.2, 0.25) is 0 Å². The third-order valence-corrected chi connectivity index (χ3v) is 2.79. The van der Waals surface area contributed by atoms with E-state index in [1.54, 1.807) is 6.20 Å². The normalized spacial score (nSPS) is 10.0. The van der Waals surface area contributed by atoms with Gasteiger partial charge in [-0.05, 0) is 52.3 Å². The van der Waals surface area contributed by atoms with Gasteiger partial charge in [0.15, 0.2) is 0 Å². The van der Waals surface area contributed by atoms with Crippen molar-refractivity contribution in [3.05, 3.63) is 52.8 Å². The van der Waals surface area contributed by atoms with Gasteiger partial charge in [0.1, 0.15) is 12.4 Å². The Kier molecular flexibility index (Phi) is 3.98. The summed E-state index contributed by atoms with van der Waals surface area (Å²) >= 11 is 3.35. The number of rotatable bonds is 4. The Morgan fingerprint density at radius 3 is 2.53 bits per heavy atom. The maximum Gasteiger partial charge on any atom is 0.130 e. The van der Waals surface area contributed by atoms with Crippen LogP contribution in [0.2, 0.25) is 0 Å². The van der Waals surface area contributed by atoms with Crippen molar-refractivity contribution >= 4 is 21.6 Å². The van der Waals surface area contributed by atoms with Crippen molar-refractivity contribution in [3.8, 4) is 5.75 Å². The lowest BCUT2D eigenvalue weighted by Gasteiger charge is -2.06. The summed E-state index contributed by atoms with van der Waals surface area (Å²) in [5.41, 5.74) is 1.98. The van der Waals surface area contributed by atoms with Crippen LogP contribution >= 0.6 is 15.9 Å². The van der Waals surface area contributed by atoms with Gasteiger partial charge in [0, 0.05) is 23.4 Å². The number of pyridine rings is 1. The molecule has 0 radical (unpaired) electrons. The highest BCUT2D eigenvalue weighted by Crippen LogP contribution is 2.16. The summed E-state index contributed by atoms with van der Waals surface area (Å²) in [6.45, 7) is 0.478. The van der Waals surface area contributed by atoms with Crippen LogP contribution in [-0.2, 0) is 6.61 Å². The maximum absolute atomic E-state index is 5.63. The predicted molar refractivity (Wildman–Crippen MR) is 72.3 cm³/mol. The molecule has 0 saturated heterocycles. The van der Waals surface area contributed by atoms with Crippen molar-refractivity contribution in [2.24, 2.45) is 0 Å². The number of aromatic nitrogens is 1. The summed E-state index contributed by atoms with van der Waals surface area (Å²) in [5.74, 6) is 0.841. The van der Waals surface area contributed by atoms with Gasteiger partial charge in [0.05, 0.1) is 5.69 Å². The summed E-state index contributed by atoms with van der Waals surface area (Å²) < 4.78 is 6.60. The van der Waals surface area contributed by atoms with E-state index >= 15 is 0 Å². The Labute approximate surface area is 109 Å². The molecule has 0 aliphatic carbocycles. The van der Waals surface area contributed by atoms with E-state index in [0.29, 0.717) is 6.61 Å². The molecular formula is C13H13BrN2O. The molecule has 2 rings (SSSR count). The van der Waals surface area contributed by atoms with Crippen LogP contribution in [0.25, 0.3) is 0 Å². The minimum atomic E-state index is 0.478. The van der Waals surface area contributed by atoms with E-state index in [2.05, 4.69) is 26.2 Å². The molecule has 1 aromatic heterocycles. The van der Waals surface area contributed by atoms with Crippen molar-refractivity contribution in [3.63, 3.8) is 0 Å². The van der Waals surface area contributed by atoms with E-state index in [-0.39, 0.29) is 0 Å². The van der Waals surface area contributed by atoms with Gasteiger partial charge in [-0.3, -0.25) is 4.98 Å². The molecule has 1 heterocycles. The lowest BCUT2D eigenvalue weighted by atomic mass is 10.3. The zero-order chi connectivity index (χ0) is 12.1. The van der Waals surface area contributed by atoms with E-state index in [9.17, 15) is 0 Å². The highest BCUT2D eigenvalue weighted by Gasteiger charge is 1.97. The quantitative estimate of drug-likeness (QED) is 0.937. The van der Waals surface area contributed by atoms with Gasteiger partial charge < -0.3 is 10.1 Å². The first-order valence-electron chi connectivity index (χ1n) is 5.29. The summed E-state index contributed by atoms with van der Waals surface area (Å²) in [6.07, 6.45) is 1.77. The van der Waals surface area contributed by atoms with E-state index < -0.39 is 0 Å². The van der Waals surface area contributed by atoms with E-state index in [1.165, 1.54) is 0 Å². The minimum absolute atomic E-state index is 0.478. The van der Waals surface area contributed by atoms with Crippen LogP contribution in [0, 0.1) is 0 Å². The molecule has 0 spiro atoms. The summed E-state index contributed by atoms with van der Waals surface area (Å²) in [6, 6.07) is 11.7. The number of nitrogens with one attached hydrogen (secondary N) is 1. The first-order chi connectivity index (χ1) is 8.28. The second-order valence-corrected chi connectivity index (χ2v) is 4.45. The molecule has 0 bridgehead atoms. The molecule has 0 fully saturated rings. The maximum atomic E-state index is 5.63. The van der Waals surface area contributed by atoms with Gasteiger partial charge in [-0.2, -0.15) is 0 Å². The van der Waals surface area contributed by atoms with Gasteiger partial charge >= 0.3 is 0 Å². The highest BCUT2D eigenvalue weighted by molar-refractivity contribution is 9.10. The van der Waals surface area contributed by atoms with Gasteiger partial charge in [-0.1, -0.05) is 0 Å². The molecule has 4 heteroatoms. The lowest BCUT2D eigenvalue weighted by Crippen LogP contribution is -1.97. The summed E-state index contributed by atoms with van der Waals surface area (Å²) in [7, 11) is 1.89. The van der Waals surface area contributed by atoms with Crippen molar-refractivity contribution < 1.29 is 4.74 Å². The fraction of sp³-hybridized carbons (Fsp3) is 0.154. The number of halogens is 1. The van der Waals surface area contributed by atoms with Crippen molar-refractivity contribution in [2.75, 3.05) is 12.4 Å². The number of benzene rings is 1. The van der Waals surface area contributed by atoms with Crippen LogP contribution in [0.1, 0.15) is 5.69 Å². The molecule has 1 N–H and O–H groups in total. The molecule has 2 aromatic rings. The predicted octanol–water partition coefficient (Wildman–Crippen LogP) is 3.46. The topological polar surface area (TPSA) is 34.1 Å². The van der Waals surface area contributed by atoms with E-state index in [0.717, 1.165) is 21.6 Å². The molecule has 0 aliphatic heterocycles. The number of hydrogen-bond donors (Lipinski definition) is 1. The third kappa shape index (κ3) is 3.46. The Morgan fingerprint density at radius 2 is 1.94 bits per heavy atom. The number of nitrogens with zero attached hydrogens (tertiary/aromatic N) is 1. The molecule has 1 aromatic carbocycles. The number of anilines is 1. The largest absolute Gasteiger partial charge is 0.487 e. The first-order valence-corrected chi connectivity index (χ1v) is 6.08. The van der Waals surface area contributed by atoms with Crippen molar-refractivity contribution in [1.82, 2.24) is 4.98 Å². The summed E-state index contributed by atoms with van der Waals surface area (Å²) in [4.78, 5) is 4.24. The van der Waals surface area contributed by atoms with Gasteiger partial charge in [-0.15, -0.1) is 0 Å². The Bertz CT molecular complexity index is 468. The minimum Gasteiger partial charge on any atom is -0.487 e. The average Bonchev–Trinajstić information content (AvgIpc) is 2.39. The van der Waals surface area contributed by atoms with E-state index in [1.807, 2.05) is 43.4 Å². The fourth-order valence-corrected chi connectivity index (χ4v) is 1.60. The van der Waals surface area contributed by atoms with Crippen LogP contribution in [0.3, 0.4) is 0 Å². The Balaban J connectivity index is 1.95. The molecule has 0 atom stereocenters. The molecule has 17 heavy (non-hydrogen) atoms. The van der Waals surface area contributed by atoms with Crippen LogP contribution in [-0.4, -0.2) is 12.0 Å².